The second-order valence-electron chi connectivity index (χ2n) is 4.51. The largest absolute Gasteiger partial charge is 0.399 e. The number of hydrogen-bond donors (Lipinski definition) is 2. The molecule has 104 valence electrons. The van der Waals surface area contributed by atoms with Crippen molar-refractivity contribution in [3.05, 3.63) is 59.9 Å². The summed E-state index contributed by atoms with van der Waals surface area (Å²) in [5, 5.41) is 2.53. The lowest BCUT2D eigenvalue weighted by Gasteiger charge is -2.18. The summed E-state index contributed by atoms with van der Waals surface area (Å²) in [4.78, 5) is 13.4. The number of nitrogens with two attached hydrogens (primary N) is 1. The third-order valence-electron chi connectivity index (χ3n) is 2.83. The predicted octanol–water partition coefficient (Wildman–Crippen LogP) is 3.07. The van der Waals surface area contributed by atoms with E-state index in [1.165, 1.54) is 17.0 Å². The van der Waals surface area contributed by atoms with E-state index in [0.717, 1.165) is 5.56 Å². The van der Waals surface area contributed by atoms with Crippen LogP contribution >= 0.6 is 0 Å². The number of para-hydroxylation sites is 1. The minimum Gasteiger partial charge on any atom is -0.399 e. The number of nitrogens with one attached hydrogen (secondary N) is 1. The predicted molar refractivity (Wildman–Crippen MR) is 77.7 cm³/mol. The first-order valence-electron chi connectivity index (χ1n) is 6.17. The Kier molecular flexibility index (Phi) is 4.20. The SMILES string of the molecule is CN(Cc1cccc(N)c1)C(=O)Nc1ccccc1F. The molecular weight excluding hydrogens is 257 g/mol. The number of hydrogen-bond acceptors (Lipinski definition) is 2. The van der Waals surface area contributed by atoms with E-state index in [0.29, 0.717) is 12.2 Å². The molecule has 2 amide bonds. The fourth-order valence-corrected chi connectivity index (χ4v) is 1.81. The fourth-order valence-electron chi connectivity index (χ4n) is 1.81. The summed E-state index contributed by atoms with van der Waals surface area (Å²) in [5.74, 6) is -0.460. The van der Waals surface area contributed by atoms with Crippen LogP contribution in [0.2, 0.25) is 0 Å². The third kappa shape index (κ3) is 3.47. The molecule has 0 heterocycles. The first kappa shape index (κ1) is 13.9. The first-order valence-corrected chi connectivity index (χ1v) is 6.17. The number of amides is 2. The Morgan fingerprint density at radius 2 is 2.00 bits per heavy atom. The van der Waals surface area contributed by atoms with E-state index in [1.54, 1.807) is 31.3 Å². The Hall–Kier alpha value is -2.56. The van der Waals surface area contributed by atoms with Gasteiger partial charge in [0.15, 0.2) is 0 Å². The first-order chi connectivity index (χ1) is 9.56. The molecule has 0 saturated heterocycles. The maximum atomic E-state index is 13.4. The molecule has 5 heteroatoms. The van der Waals surface area contributed by atoms with Gasteiger partial charge in [0.25, 0.3) is 0 Å². The van der Waals surface area contributed by atoms with Gasteiger partial charge in [-0.05, 0) is 29.8 Å². The highest BCUT2D eigenvalue weighted by molar-refractivity contribution is 5.89. The van der Waals surface area contributed by atoms with Crippen LogP contribution in [0.5, 0.6) is 0 Å². The summed E-state index contributed by atoms with van der Waals surface area (Å²) < 4.78 is 13.4. The van der Waals surface area contributed by atoms with Gasteiger partial charge in [-0.2, -0.15) is 0 Å². The van der Waals surface area contributed by atoms with Crippen LogP contribution in [0, 0.1) is 5.82 Å². The highest BCUT2D eigenvalue weighted by atomic mass is 19.1. The van der Waals surface area contributed by atoms with Crippen molar-refractivity contribution in [2.45, 2.75) is 6.54 Å². The van der Waals surface area contributed by atoms with Crippen LogP contribution in [0.15, 0.2) is 48.5 Å². The molecular formula is C15H16FN3O. The molecule has 20 heavy (non-hydrogen) atoms. The summed E-state index contributed by atoms with van der Waals surface area (Å²) in [5.41, 5.74) is 7.41. The fraction of sp³-hybridized carbons (Fsp3) is 0.133. The average molecular weight is 273 g/mol. The highest BCUT2D eigenvalue weighted by Crippen LogP contribution is 2.14. The van der Waals surface area contributed by atoms with Gasteiger partial charge in [0.05, 0.1) is 5.69 Å². The Morgan fingerprint density at radius 1 is 1.25 bits per heavy atom. The van der Waals surface area contributed by atoms with E-state index < -0.39 is 5.82 Å². The van der Waals surface area contributed by atoms with Crippen molar-refractivity contribution in [3.8, 4) is 0 Å². The quantitative estimate of drug-likeness (QED) is 0.844. The van der Waals surface area contributed by atoms with Crippen LogP contribution < -0.4 is 11.1 Å². The molecule has 3 N–H and O–H groups in total. The molecule has 0 aliphatic rings. The van der Waals surface area contributed by atoms with Gasteiger partial charge in [0.2, 0.25) is 0 Å². The summed E-state index contributed by atoms with van der Waals surface area (Å²) in [7, 11) is 1.64. The zero-order valence-electron chi connectivity index (χ0n) is 11.1. The summed E-state index contributed by atoms with van der Waals surface area (Å²) >= 11 is 0. The lowest BCUT2D eigenvalue weighted by molar-refractivity contribution is 0.220. The number of carbonyl (C=O) groups is 1. The molecule has 0 bridgehead atoms. The number of rotatable bonds is 3. The van der Waals surface area contributed by atoms with E-state index in [2.05, 4.69) is 5.32 Å². The molecule has 0 aliphatic heterocycles. The smallest absolute Gasteiger partial charge is 0.321 e. The zero-order valence-corrected chi connectivity index (χ0v) is 11.1. The maximum absolute atomic E-state index is 13.4. The number of benzene rings is 2. The lowest BCUT2D eigenvalue weighted by atomic mass is 10.2. The molecule has 0 aromatic heterocycles. The molecule has 2 aromatic rings. The molecule has 0 saturated carbocycles. The van der Waals surface area contributed by atoms with Crippen LogP contribution in [0.25, 0.3) is 0 Å². The number of nitrogens with zero attached hydrogens (tertiary/aromatic N) is 1. The second-order valence-corrected chi connectivity index (χ2v) is 4.51. The molecule has 2 rings (SSSR count). The van der Waals surface area contributed by atoms with E-state index in [-0.39, 0.29) is 11.7 Å². The van der Waals surface area contributed by atoms with Crippen molar-refractivity contribution in [1.29, 1.82) is 0 Å². The van der Waals surface area contributed by atoms with Crippen molar-refractivity contribution < 1.29 is 9.18 Å². The molecule has 0 unspecified atom stereocenters. The molecule has 0 spiro atoms. The topological polar surface area (TPSA) is 58.4 Å². The Morgan fingerprint density at radius 3 is 2.70 bits per heavy atom. The van der Waals surface area contributed by atoms with Crippen molar-refractivity contribution in [3.63, 3.8) is 0 Å². The van der Waals surface area contributed by atoms with Crippen molar-refractivity contribution in [1.82, 2.24) is 4.90 Å². The highest BCUT2D eigenvalue weighted by Gasteiger charge is 2.11. The minimum absolute atomic E-state index is 0.164. The monoisotopic (exact) mass is 273 g/mol. The van der Waals surface area contributed by atoms with Gasteiger partial charge in [0, 0.05) is 19.3 Å². The Balaban J connectivity index is 2.01. The van der Waals surface area contributed by atoms with Gasteiger partial charge < -0.3 is 16.0 Å². The number of carbonyl (C=O) groups excluding carboxylic acids is 1. The summed E-state index contributed by atoms with van der Waals surface area (Å²) in [6, 6.07) is 13.0. The average Bonchev–Trinajstić information content (AvgIpc) is 2.41. The van der Waals surface area contributed by atoms with Gasteiger partial charge in [-0.15, -0.1) is 0 Å². The second kappa shape index (κ2) is 6.06. The Labute approximate surface area is 117 Å². The van der Waals surface area contributed by atoms with E-state index in [9.17, 15) is 9.18 Å². The van der Waals surface area contributed by atoms with Crippen molar-refractivity contribution in [2.24, 2.45) is 0 Å². The van der Waals surface area contributed by atoms with Gasteiger partial charge in [-0.3, -0.25) is 0 Å². The van der Waals surface area contributed by atoms with Gasteiger partial charge in [0.1, 0.15) is 5.82 Å². The van der Waals surface area contributed by atoms with Crippen molar-refractivity contribution in [2.75, 3.05) is 18.1 Å². The van der Waals surface area contributed by atoms with E-state index >= 15 is 0 Å². The number of urea groups is 1. The third-order valence-corrected chi connectivity index (χ3v) is 2.83. The summed E-state index contributed by atoms with van der Waals surface area (Å²) in [6.45, 7) is 0.394. The normalized spacial score (nSPS) is 10.1. The maximum Gasteiger partial charge on any atom is 0.321 e. The summed E-state index contributed by atoms with van der Waals surface area (Å²) in [6.07, 6.45) is 0. The standard InChI is InChI=1S/C15H16FN3O/c1-19(10-11-5-4-6-12(17)9-11)15(20)18-14-8-3-2-7-13(14)16/h2-9H,10,17H2,1H3,(H,18,20). The van der Waals surface area contributed by atoms with Crippen LogP contribution in [-0.4, -0.2) is 18.0 Å². The molecule has 0 atom stereocenters. The minimum atomic E-state index is -0.460. The van der Waals surface area contributed by atoms with Gasteiger partial charge >= 0.3 is 6.03 Å². The van der Waals surface area contributed by atoms with Crippen molar-refractivity contribution >= 4 is 17.4 Å². The van der Waals surface area contributed by atoms with Gasteiger partial charge in [-0.1, -0.05) is 24.3 Å². The van der Waals surface area contributed by atoms with E-state index in [1.807, 2.05) is 12.1 Å². The van der Waals surface area contributed by atoms with E-state index in [4.69, 9.17) is 5.73 Å². The van der Waals surface area contributed by atoms with Crippen LogP contribution in [0.4, 0.5) is 20.6 Å². The number of halogens is 1. The molecule has 4 nitrogen and oxygen atoms in total. The Bertz CT molecular complexity index is 616. The molecule has 2 aromatic carbocycles. The zero-order chi connectivity index (χ0) is 14.5. The lowest BCUT2D eigenvalue weighted by Crippen LogP contribution is -2.31. The molecule has 0 fully saturated rings. The van der Waals surface area contributed by atoms with Crippen LogP contribution in [0.3, 0.4) is 0 Å². The van der Waals surface area contributed by atoms with Crippen LogP contribution in [0.1, 0.15) is 5.56 Å². The molecule has 0 radical (unpaired) electrons. The molecule has 0 aliphatic carbocycles. The number of anilines is 2. The van der Waals surface area contributed by atoms with Crippen LogP contribution in [-0.2, 0) is 6.54 Å². The number of nitrogen functional groups attached to an aromatic ring is 1. The van der Waals surface area contributed by atoms with Gasteiger partial charge in [-0.25, -0.2) is 9.18 Å².